The minimum Gasteiger partial charge on any atom is -0.331 e. The van der Waals surface area contributed by atoms with Crippen LogP contribution in [-0.2, 0) is 0 Å². The number of urea groups is 1. The molecule has 2 bridgehead atoms. The molecule has 0 N–H and O–H groups in total. The zero-order valence-electron chi connectivity index (χ0n) is 13.5. The van der Waals surface area contributed by atoms with Gasteiger partial charge in [-0.3, -0.25) is 4.90 Å². The molecule has 4 nitrogen and oxygen atoms in total. The van der Waals surface area contributed by atoms with E-state index < -0.39 is 0 Å². The van der Waals surface area contributed by atoms with Crippen LogP contribution in [0.3, 0.4) is 0 Å². The fourth-order valence-corrected chi connectivity index (χ4v) is 4.89. The van der Waals surface area contributed by atoms with Gasteiger partial charge in [-0.15, -0.1) is 0 Å². The molecule has 0 aliphatic carbocycles. The summed E-state index contributed by atoms with van der Waals surface area (Å²) in [7, 11) is 3.74. The Kier molecular flexibility index (Phi) is 3.37. The van der Waals surface area contributed by atoms with Gasteiger partial charge in [0.15, 0.2) is 0 Å². The van der Waals surface area contributed by atoms with Crippen molar-refractivity contribution in [2.75, 3.05) is 33.7 Å². The Labute approximate surface area is 132 Å². The number of hydrogen-bond donors (Lipinski definition) is 0. The highest BCUT2D eigenvalue weighted by molar-refractivity contribution is 5.75. The smallest absolute Gasteiger partial charge is 0.319 e. The van der Waals surface area contributed by atoms with E-state index in [0.29, 0.717) is 23.9 Å². The summed E-state index contributed by atoms with van der Waals surface area (Å²) >= 11 is 0. The molecule has 0 saturated carbocycles. The first-order valence-electron chi connectivity index (χ1n) is 8.43. The molecule has 0 radical (unpaired) electrons. The van der Waals surface area contributed by atoms with Crippen molar-refractivity contribution < 1.29 is 4.79 Å². The van der Waals surface area contributed by atoms with Gasteiger partial charge in [-0.2, -0.15) is 0 Å². The number of benzene rings is 1. The third-order valence-electron chi connectivity index (χ3n) is 5.85. The van der Waals surface area contributed by atoms with Gasteiger partial charge in [0.1, 0.15) is 0 Å². The molecule has 1 aromatic rings. The second kappa shape index (κ2) is 5.27. The Hall–Kier alpha value is -1.55. The van der Waals surface area contributed by atoms with E-state index in [4.69, 9.17) is 0 Å². The molecule has 0 spiro atoms. The number of rotatable bonds is 1. The van der Waals surface area contributed by atoms with E-state index in [2.05, 4.69) is 40.1 Å². The summed E-state index contributed by atoms with van der Waals surface area (Å²) in [5.41, 5.74) is 1.39. The van der Waals surface area contributed by atoms with E-state index >= 15 is 0 Å². The Morgan fingerprint density at radius 2 is 1.77 bits per heavy atom. The van der Waals surface area contributed by atoms with Gasteiger partial charge in [0, 0.05) is 32.6 Å². The van der Waals surface area contributed by atoms with Crippen LogP contribution in [0.2, 0.25) is 0 Å². The molecule has 1 aromatic carbocycles. The molecule has 4 fully saturated rings. The molecule has 4 heteroatoms. The highest BCUT2D eigenvalue weighted by atomic mass is 16.2. The molecule has 4 heterocycles. The van der Waals surface area contributed by atoms with Crippen molar-refractivity contribution in [2.45, 2.75) is 30.8 Å². The van der Waals surface area contributed by atoms with Crippen LogP contribution in [0, 0.1) is 5.92 Å². The van der Waals surface area contributed by atoms with Crippen LogP contribution >= 0.6 is 0 Å². The summed E-state index contributed by atoms with van der Waals surface area (Å²) in [6.45, 7) is 3.28. The topological polar surface area (TPSA) is 26.8 Å². The maximum atomic E-state index is 12.7. The second-order valence-electron chi connectivity index (χ2n) is 7.20. The lowest BCUT2D eigenvalue weighted by Crippen LogP contribution is -2.61. The second-order valence-corrected chi connectivity index (χ2v) is 7.20. The van der Waals surface area contributed by atoms with E-state index in [9.17, 15) is 4.79 Å². The average molecular weight is 299 g/mol. The summed E-state index contributed by atoms with van der Waals surface area (Å²) in [6.07, 6.45) is 2.50. The molecule has 4 aliphatic heterocycles. The van der Waals surface area contributed by atoms with E-state index in [0.717, 1.165) is 6.54 Å². The van der Waals surface area contributed by atoms with Gasteiger partial charge in [-0.05, 0) is 37.4 Å². The Morgan fingerprint density at radius 1 is 1.09 bits per heavy atom. The monoisotopic (exact) mass is 299 g/mol. The van der Waals surface area contributed by atoms with Gasteiger partial charge in [0.05, 0.1) is 6.04 Å². The fourth-order valence-electron chi connectivity index (χ4n) is 4.89. The average Bonchev–Trinajstić information content (AvgIpc) is 2.98. The number of nitrogens with zero attached hydrogens (tertiary/aromatic N) is 3. The van der Waals surface area contributed by atoms with Crippen LogP contribution in [0.4, 0.5) is 4.79 Å². The lowest BCUT2D eigenvalue weighted by molar-refractivity contribution is 0.000906. The first kappa shape index (κ1) is 14.1. The van der Waals surface area contributed by atoms with Crippen molar-refractivity contribution in [1.82, 2.24) is 14.7 Å². The highest BCUT2D eigenvalue weighted by Crippen LogP contribution is 2.46. The van der Waals surface area contributed by atoms with Crippen LogP contribution in [0.25, 0.3) is 0 Å². The maximum Gasteiger partial charge on any atom is 0.319 e. The summed E-state index contributed by atoms with van der Waals surface area (Å²) in [5.74, 6) is 1.14. The number of likely N-dealkylation sites (tertiary alicyclic amines) is 1. The van der Waals surface area contributed by atoms with E-state index in [1.54, 1.807) is 4.90 Å². The van der Waals surface area contributed by atoms with Gasteiger partial charge in [0.25, 0.3) is 0 Å². The molecule has 22 heavy (non-hydrogen) atoms. The lowest BCUT2D eigenvalue weighted by atomic mass is 9.75. The van der Waals surface area contributed by atoms with Gasteiger partial charge in [-0.1, -0.05) is 30.3 Å². The normalized spacial score (nSPS) is 36.3. The SMILES string of the molecule is CN(C)C(=O)N1C[C@@H](c2ccccc2)[C@@H]2[C@H]1C1CCN2CC1. The predicted octanol–water partition coefficient (Wildman–Crippen LogP) is 2.23. The Bertz CT molecular complexity index is 551. The van der Waals surface area contributed by atoms with Crippen LogP contribution in [-0.4, -0.2) is 66.5 Å². The van der Waals surface area contributed by atoms with E-state index in [-0.39, 0.29) is 6.03 Å². The molecule has 3 atom stereocenters. The van der Waals surface area contributed by atoms with Crippen LogP contribution in [0.15, 0.2) is 30.3 Å². The number of piperidine rings is 3. The molecule has 118 valence electrons. The molecule has 4 saturated heterocycles. The van der Waals surface area contributed by atoms with E-state index in [1.807, 2.05) is 14.1 Å². The third kappa shape index (κ3) is 2.04. The summed E-state index contributed by atoms with van der Waals surface area (Å²) < 4.78 is 0. The molecule has 0 aromatic heterocycles. The van der Waals surface area contributed by atoms with Crippen molar-refractivity contribution in [3.8, 4) is 0 Å². The summed E-state index contributed by atoms with van der Waals surface area (Å²) in [5, 5.41) is 0. The molecule has 4 aliphatic rings. The van der Waals surface area contributed by atoms with Crippen LogP contribution in [0.1, 0.15) is 24.3 Å². The first-order valence-corrected chi connectivity index (χ1v) is 8.43. The minimum atomic E-state index is 0.183. The summed E-state index contributed by atoms with van der Waals surface area (Å²) in [4.78, 5) is 19.2. The van der Waals surface area contributed by atoms with Gasteiger partial charge in [0.2, 0.25) is 0 Å². The quantitative estimate of drug-likeness (QED) is 0.795. The number of carbonyl (C=O) groups is 1. The number of fused-ring (bicyclic) bond motifs is 2. The van der Waals surface area contributed by atoms with Gasteiger partial charge >= 0.3 is 6.03 Å². The fraction of sp³-hybridized carbons (Fsp3) is 0.611. The zero-order chi connectivity index (χ0) is 15.3. The Balaban J connectivity index is 1.71. The van der Waals surface area contributed by atoms with Crippen molar-refractivity contribution in [3.63, 3.8) is 0 Å². The number of hydrogen-bond acceptors (Lipinski definition) is 2. The third-order valence-corrected chi connectivity index (χ3v) is 5.85. The highest BCUT2D eigenvalue weighted by Gasteiger charge is 2.54. The van der Waals surface area contributed by atoms with Crippen molar-refractivity contribution in [3.05, 3.63) is 35.9 Å². The lowest BCUT2D eigenvalue weighted by Gasteiger charge is -2.51. The largest absolute Gasteiger partial charge is 0.331 e. The first-order chi connectivity index (χ1) is 10.7. The summed E-state index contributed by atoms with van der Waals surface area (Å²) in [6, 6.07) is 11.9. The van der Waals surface area contributed by atoms with Crippen molar-refractivity contribution >= 4 is 6.03 Å². The van der Waals surface area contributed by atoms with Crippen molar-refractivity contribution in [1.29, 1.82) is 0 Å². The number of amides is 2. The van der Waals surface area contributed by atoms with Crippen molar-refractivity contribution in [2.24, 2.45) is 5.92 Å². The molecule has 0 unspecified atom stereocenters. The van der Waals surface area contributed by atoms with Gasteiger partial charge < -0.3 is 9.80 Å². The van der Waals surface area contributed by atoms with Crippen LogP contribution < -0.4 is 0 Å². The molecule has 2 amide bonds. The standard InChI is InChI=1S/C18H25N3O/c1-19(2)18(22)21-12-15(13-6-4-3-5-7-13)17-16(21)14-8-10-20(17)11-9-14/h3-7,14-17H,8-12H2,1-2H3/t15-,16+,17+/m0/s1. The van der Waals surface area contributed by atoms with Gasteiger partial charge in [-0.25, -0.2) is 4.79 Å². The van der Waals surface area contributed by atoms with Crippen LogP contribution in [0.5, 0.6) is 0 Å². The molecule has 5 rings (SSSR count). The Morgan fingerprint density at radius 3 is 2.41 bits per heavy atom. The molecular weight excluding hydrogens is 274 g/mol. The molecular formula is C18H25N3O. The van der Waals surface area contributed by atoms with E-state index in [1.165, 1.54) is 31.5 Å². The maximum absolute atomic E-state index is 12.7. The zero-order valence-corrected chi connectivity index (χ0v) is 13.5. The minimum absolute atomic E-state index is 0.183. The predicted molar refractivity (Wildman–Crippen MR) is 86.8 cm³/mol. The number of carbonyl (C=O) groups excluding carboxylic acids is 1.